The van der Waals surface area contributed by atoms with Crippen molar-refractivity contribution in [1.29, 1.82) is 0 Å². The third kappa shape index (κ3) is 2.85. The van der Waals surface area contributed by atoms with Crippen LogP contribution in [0.15, 0.2) is 30.3 Å². The summed E-state index contributed by atoms with van der Waals surface area (Å²) in [7, 11) is 0. The standard InChI is InChI=1S/C15H23N/c1-2-8-14(13-9-4-3-5-10-13)15-11-6-7-12-16-15/h3-5,9-10,14-16H,2,6-8,11-12H2,1H3. The van der Waals surface area contributed by atoms with E-state index < -0.39 is 0 Å². The summed E-state index contributed by atoms with van der Waals surface area (Å²) < 4.78 is 0. The van der Waals surface area contributed by atoms with E-state index in [0.717, 1.165) is 0 Å². The van der Waals surface area contributed by atoms with Gasteiger partial charge >= 0.3 is 0 Å². The quantitative estimate of drug-likeness (QED) is 0.810. The molecule has 0 radical (unpaired) electrons. The van der Waals surface area contributed by atoms with Crippen molar-refractivity contribution in [3.05, 3.63) is 35.9 Å². The number of hydrogen-bond donors (Lipinski definition) is 1. The molecule has 1 saturated heterocycles. The molecule has 1 fully saturated rings. The Balaban J connectivity index is 2.09. The van der Waals surface area contributed by atoms with Crippen molar-refractivity contribution in [2.75, 3.05) is 6.54 Å². The molecule has 1 aliphatic heterocycles. The minimum absolute atomic E-state index is 0.705. The van der Waals surface area contributed by atoms with Crippen molar-refractivity contribution in [3.8, 4) is 0 Å². The zero-order chi connectivity index (χ0) is 11.2. The van der Waals surface area contributed by atoms with Gasteiger partial charge in [-0.2, -0.15) is 0 Å². The monoisotopic (exact) mass is 217 g/mol. The van der Waals surface area contributed by atoms with Gasteiger partial charge in [-0.05, 0) is 37.3 Å². The fourth-order valence-electron chi connectivity index (χ4n) is 2.83. The van der Waals surface area contributed by atoms with E-state index in [4.69, 9.17) is 0 Å². The molecule has 2 rings (SSSR count). The van der Waals surface area contributed by atoms with E-state index in [0.29, 0.717) is 12.0 Å². The lowest BCUT2D eigenvalue weighted by molar-refractivity contribution is 0.337. The fraction of sp³-hybridized carbons (Fsp3) is 0.600. The molecule has 0 aliphatic carbocycles. The summed E-state index contributed by atoms with van der Waals surface area (Å²) in [6, 6.07) is 11.7. The zero-order valence-electron chi connectivity index (χ0n) is 10.3. The predicted molar refractivity (Wildman–Crippen MR) is 69.7 cm³/mol. The van der Waals surface area contributed by atoms with Crippen LogP contribution in [0.2, 0.25) is 0 Å². The molecule has 1 nitrogen and oxygen atoms in total. The molecule has 1 aromatic carbocycles. The molecule has 88 valence electrons. The lowest BCUT2D eigenvalue weighted by Gasteiger charge is -2.31. The van der Waals surface area contributed by atoms with Gasteiger partial charge in [0.05, 0.1) is 0 Å². The maximum atomic E-state index is 3.70. The largest absolute Gasteiger partial charge is 0.313 e. The maximum absolute atomic E-state index is 3.70. The highest BCUT2D eigenvalue weighted by atomic mass is 14.9. The molecule has 0 bridgehead atoms. The van der Waals surface area contributed by atoms with Crippen LogP contribution < -0.4 is 5.32 Å². The Kier molecular flexibility index (Phi) is 4.41. The summed E-state index contributed by atoms with van der Waals surface area (Å²) in [6.07, 6.45) is 6.67. The van der Waals surface area contributed by atoms with Crippen molar-refractivity contribution >= 4 is 0 Å². The van der Waals surface area contributed by atoms with Gasteiger partial charge in [-0.25, -0.2) is 0 Å². The van der Waals surface area contributed by atoms with Crippen LogP contribution in [0, 0.1) is 0 Å². The van der Waals surface area contributed by atoms with Crippen molar-refractivity contribution in [1.82, 2.24) is 5.32 Å². The van der Waals surface area contributed by atoms with Crippen LogP contribution >= 0.6 is 0 Å². The van der Waals surface area contributed by atoms with E-state index in [-0.39, 0.29) is 0 Å². The molecule has 1 heteroatoms. The number of benzene rings is 1. The Morgan fingerprint density at radius 2 is 2.06 bits per heavy atom. The van der Waals surface area contributed by atoms with Crippen molar-refractivity contribution < 1.29 is 0 Å². The van der Waals surface area contributed by atoms with Crippen molar-refractivity contribution in [3.63, 3.8) is 0 Å². The summed E-state index contributed by atoms with van der Waals surface area (Å²) in [5.41, 5.74) is 1.52. The van der Waals surface area contributed by atoms with E-state index in [2.05, 4.69) is 42.6 Å². The van der Waals surface area contributed by atoms with Crippen LogP contribution in [-0.4, -0.2) is 12.6 Å². The molecule has 1 aliphatic rings. The van der Waals surface area contributed by atoms with Gasteiger partial charge in [-0.15, -0.1) is 0 Å². The normalized spacial score (nSPS) is 22.9. The highest BCUT2D eigenvalue weighted by Gasteiger charge is 2.23. The molecule has 1 aromatic rings. The van der Waals surface area contributed by atoms with Gasteiger partial charge < -0.3 is 5.32 Å². The van der Waals surface area contributed by atoms with Crippen LogP contribution in [-0.2, 0) is 0 Å². The first-order valence-electron chi connectivity index (χ1n) is 6.70. The first-order chi connectivity index (χ1) is 7.92. The predicted octanol–water partition coefficient (Wildman–Crippen LogP) is 3.71. The Hall–Kier alpha value is -0.820. The van der Waals surface area contributed by atoms with Gasteiger partial charge in [-0.1, -0.05) is 50.1 Å². The molecule has 0 spiro atoms. The van der Waals surface area contributed by atoms with E-state index in [1.165, 1.54) is 44.2 Å². The van der Waals surface area contributed by atoms with Crippen molar-refractivity contribution in [2.45, 2.75) is 51.0 Å². The van der Waals surface area contributed by atoms with Gasteiger partial charge in [0.2, 0.25) is 0 Å². The molecule has 2 unspecified atom stereocenters. The minimum atomic E-state index is 0.705. The molecule has 0 saturated carbocycles. The lowest BCUT2D eigenvalue weighted by Crippen LogP contribution is -2.38. The summed E-state index contributed by atoms with van der Waals surface area (Å²) in [6.45, 7) is 3.50. The van der Waals surface area contributed by atoms with Crippen LogP contribution in [0.25, 0.3) is 0 Å². The SMILES string of the molecule is CCCC(c1ccccc1)C1CCCCN1. The Bertz CT molecular complexity index is 288. The lowest BCUT2D eigenvalue weighted by atomic mass is 9.83. The summed E-state index contributed by atoms with van der Waals surface area (Å²) >= 11 is 0. The molecule has 0 aromatic heterocycles. The second-order valence-corrected chi connectivity index (χ2v) is 4.86. The molecular formula is C15H23N. The van der Waals surface area contributed by atoms with Crippen LogP contribution in [0.3, 0.4) is 0 Å². The van der Waals surface area contributed by atoms with E-state index in [1.807, 2.05) is 0 Å². The van der Waals surface area contributed by atoms with Crippen LogP contribution in [0.4, 0.5) is 0 Å². The average molecular weight is 217 g/mol. The molecule has 1 N–H and O–H groups in total. The number of rotatable bonds is 4. The number of piperidine rings is 1. The maximum Gasteiger partial charge on any atom is 0.0136 e. The number of hydrogen-bond acceptors (Lipinski definition) is 1. The highest BCUT2D eigenvalue weighted by molar-refractivity contribution is 5.21. The second-order valence-electron chi connectivity index (χ2n) is 4.86. The van der Waals surface area contributed by atoms with Gasteiger partial charge in [0, 0.05) is 6.04 Å². The third-order valence-electron chi connectivity index (χ3n) is 3.66. The second kappa shape index (κ2) is 6.05. The zero-order valence-corrected chi connectivity index (χ0v) is 10.3. The van der Waals surface area contributed by atoms with Gasteiger partial charge in [0.1, 0.15) is 0 Å². The first-order valence-corrected chi connectivity index (χ1v) is 6.70. The number of nitrogens with one attached hydrogen (secondary N) is 1. The highest BCUT2D eigenvalue weighted by Crippen LogP contribution is 2.29. The molecule has 2 atom stereocenters. The Morgan fingerprint density at radius 1 is 1.25 bits per heavy atom. The van der Waals surface area contributed by atoms with Gasteiger partial charge in [0.25, 0.3) is 0 Å². The van der Waals surface area contributed by atoms with Gasteiger partial charge in [-0.3, -0.25) is 0 Å². The summed E-state index contributed by atoms with van der Waals surface area (Å²) in [4.78, 5) is 0. The fourth-order valence-corrected chi connectivity index (χ4v) is 2.83. The van der Waals surface area contributed by atoms with Crippen LogP contribution in [0.1, 0.15) is 50.5 Å². The third-order valence-corrected chi connectivity index (χ3v) is 3.66. The van der Waals surface area contributed by atoms with Crippen LogP contribution in [0.5, 0.6) is 0 Å². The average Bonchev–Trinajstić information content (AvgIpc) is 2.38. The summed E-state index contributed by atoms with van der Waals surface area (Å²) in [5, 5.41) is 3.70. The Morgan fingerprint density at radius 3 is 2.69 bits per heavy atom. The molecule has 16 heavy (non-hydrogen) atoms. The minimum Gasteiger partial charge on any atom is -0.313 e. The van der Waals surface area contributed by atoms with Gasteiger partial charge in [0.15, 0.2) is 0 Å². The topological polar surface area (TPSA) is 12.0 Å². The molecule has 0 amide bonds. The smallest absolute Gasteiger partial charge is 0.0136 e. The Labute approximate surface area is 99.3 Å². The van der Waals surface area contributed by atoms with E-state index >= 15 is 0 Å². The van der Waals surface area contributed by atoms with Crippen molar-refractivity contribution in [2.24, 2.45) is 0 Å². The first kappa shape index (κ1) is 11.7. The van der Waals surface area contributed by atoms with E-state index in [1.54, 1.807) is 0 Å². The summed E-state index contributed by atoms with van der Waals surface area (Å²) in [5.74, 6) is 0.714. The molecular weight excluding hydrogens is 194 g/mol. The molecule has 1 heterocycles. The van der Waals surface area contributed by atoms with E-state index in [9.17, 15) is 0 Å².